The molecular formula is C16H20N2. The van der Waals surface area contributed by atoms with Crippen LogP contribution in [0.25, 0.3) is 17.0 Å². The van der Waals surface area contributed by atoms with Crippen LogP contribution in [0.15, 0.2) is 42.6 Å². The molecule has 0 radical (unpaired) electrons. The van der Waals surface area contributed by atoms with E-state index < -0.39 is 0 Å². The Morgan fingerprint density at radius 1 is 1.44 bits per heavy atom. The summed E-state index contributed by atoms with van der Waals surface area (Å²) in [6.45, 7) is 6.91. The predicted octanol–water partition coefficient (Wildman–Crippen LogP) is 3.52. The van der Waals surface area contributed by atoms with Gasteiger partial charge in [-0.3, -0.25) is 0 Å². The van der Waals surface area contributed by atoms with Gasteiger partial charge in [0.05, 0.1) is 0 Å². The molecule has 0 atom stereocenters. The van der Waals surface area contributed by atoms with E-state index in [9.17, 15) is 0 Å². The number of benzene rings is 1. The largest absolute Gasteiger partial charge is 0.361 e. The molecule has 2 heteroatoms. The zero-order valence-corrected chi connectivity index (χ0v) is 11.1. The molecule has 2 rings (SSSR count). The zero-order valence-electron chi connectivity index (χ0n) is 11.1. The minimum Gasteiger partial charge on any atom is -0.361 e. The van der Waals surface area contributed by atoms with Crippen LogP contribution < -0.4 is 5.32 Å². The Balaban J connectivity index is 2.45. The number of aromatic amines is 1. The lowest BCUT2D eigenvalue weighted by atomic mass is 10.0. The zero-order chi connectivity index (χ0) is 13.0. The summed E-state index contributed by atoms with van der Waals surface area (Å²) in [5, 5.41) is 4.52. The fourth-order valence-electron chi connectivity index (χ4n) is 2.11. The average molecular weight is 240 g/mol. The summed E-state index contributed by atoms with van der Waals surface area (Å²) in [4.78, 5) is 3.34. The van der Waals surface area contributed by atoms with Crippen LogP contribution in [-0.2, 0) is 6.42 Å². The topological polar surface area (TPSA) is 27.8 Å². The third-order valence-corrected chi connectivity index (χ3v) is 3.01. The van der Waals surface area contributed by atoms with Gasteiger partial charge in [0, 0.05) is 17.1 Å². The SMILES string of the molecule is C=C(C)/C=C/c1cccc2[nH]cc(CCNC)c12. The highest BCUT2D eigenvalue weighted by atomic mass is 14.8. The lowest BCUT2D eigenvalue weighted by molar-refractivity contribution is 0.795. The molecule has 0 aliphatic heterocycles. The first-order chi connectivity index (χ1) is 8.72. The minimum absolute atomic E-state index is 0.992. The first-order valence-electron chi connectivity index (χ1n) is 6.29. The molecule has 2 N–H and O–H groups in total. The summed E-state index contributed by atoms with van der Waals surface area (Å²) in [7, 11) is 1.98. The Morgan fingerprint density at radius 3 is 3.00 bits per heavy atom. The maximum Gasteiger partial charge on any atom is 0.0462 e. The van der Waals surface area contributed by atoms with E-state index in [1.165, 1.54) is 22.0 Å². The van der Waals surface area contributed by atoms with Gasteiger partial charge >= 0.3 is 0 Å². The van der Waals surface area contributed by atoms with Gasteiger partial charge in [0.15, 0.2) is 0 Å². The highest BCUT2D eigenvalue weighted by Crippen LogP contribution is 2.24. The predicted molar refractivity (Wildman–Crippen MR) is 79.8 cm³/mol. The fourth-order valence-corrected chi connectivity index (χ4v) is 2.11. The van der Waals surface area contributed by atoms with E-state index in [1.807, 2.05) is 14.0 Å². The number of fused-ring (bicyclic) bond motifs is 1. The van der Waals surface area contributed by atoms with Crippen LogP contribution in [0.4, 0.5) is 0 Å². The van der Waals surface area contributed by atoms with Gasteiger partial charge in [-0.05, 0) is 44.1 Å². The van der Waals surface area contributed by atoms with Gasteiger partial charge in [-0.25, -0.2) is 0 Å². The number of likely N-dealkylation sites (N-methyl/N-ethyl adjacent to an activating group) is 1. The molecule has 0 fully saturated rings. The Labute approximate surface area is 108 Å². The maximum atomic E-state index is 3.91. The van der Waals surface area contributed by atoms with Gasteiger partial charge in [-0.15, -0.1) is 0 Å². The van der Waals surface area contributed by atoms with Crippen LogP contribution in [0.2, 0.25) is 0 Å². The van der Waals surface area contributed by atoms with E-state index in [-0.39, 0.29) is 0 Å². The normalized spacial score (nSPS) is 11.4. The lowest BCUT2D eigenvalue weighted by Crippen LogP contribution is -2.10. The number of hydrogen-bond donors (Lipinski definition) is 2. The summed E-state index contributed by atoms with van der Waals surface area (Å²) in [6, 6.07) is 6.35. The van der Waals surface area contributed by atoms with Crippen LogP contribution in [0.3, 0.4) is 0 Å². The van der Waals surface area contributed by atoms with Gasteiger partial charge in [-0.2, -0.15) is 0 Å². The van der Waals surface area contributed by atoms with Crippen molar-refractivity contribution in [2.24, 2.45) is 0 Å². The highest BCUT2D eigenvalue weighted by Gasteiger charge is 2.06. The molecule has 1 aromatic heterocycles. The second kappa shape index (κ2) is 5.69. The van der Waals surface area contributed by atoms with Crippen LogP contribution in [0, 0.1) is 0 Å². The number of aromatic nitrogens is 1. The molecule has 0 saturated heterocycles. The molecule has 0 unspecified atom stereocenters. The van der Waals surface area contributed by atoms with Crippen molar-refractivity contribution < 1.29 is 0 Å². The summed E-state index contributed by atoms with van der Waals surface area (Å²) >= 11 is 0. The van der Waals surface area contributed by atoms with Gasteiger partial charge in [0.25, 0.3) is 0 Å². The van der Waals surface area contributed by atoms with Crippen molar-refractivity contribution in [3.8, 4) is 0 Å². The van der Waals surface area contributed by atoms with Crippen LogP contribution in [0.1, 0.15) is 18.1 Å². The molecule has 0 aliphatic rings. The Hall–Kier alpha value is -1.80. The summed E-state index contributed by atoms with van der Waals surface area (Å²) in [6.07, 6.45) is 7.35. The number of rotatable bonds is 5. The Kier molecular flexibility index (Phi) is 4.00. The van der Waals surface area contributed by atoms with Crippen molar-refractivity contribution in [2.45, 2.75) is 13.3 Å². The average Bonchev–Trinajstić information content (AvgIpc) is 2.77. The van der Waals surface area contributed by atoms with Crippen molar-refractivity contribution in [1.29, 1.82) is 0 Å². The molecule has 2 nitrogen and oxygen atoms in total. The van der Waals surface area contributed by atoms with Crippen molar-refractivity contribution in [2.75, 3.05) is 13.6 Å². The lowest BCUT2D eigenvalue weighted by Gasteiger charge is -2.02. The number of nitrogens with one attached hydrogen (secondary N) is 2. The van der Waals surface area contributed by atoms with Gasteiger partial charge in [0.1, 0.15) is 0 Å². The third-order valence-electron chi connectivity index (χ3n) is 3.01. The molecule has 0 spiro atoms. The van der Waals surface area contributed by atoms with Crippen LogP contribution >= 0.6 is 0 Å². The van der Waals surface area contributed by atoms with E-state index in [2.05, 4.69) is 53.4 Å². The summed E-state index contributed by atoms with van der Waals surface area (Å²) in [5.74, 6) is 0. The molecule has 0 amide bonds. The van der Waals surface area contributed by atoms with Gasteiger partial charge in [-0.1, -0.05) is 36.4 Å². The molecule has 94 valence electrons. The molecule has 0 aliphatic carbocycles. The Bertz CT molecular complexity index is 576. The Morgan fingerprint density at radius 2 is 2.28 bits per heavy atom. The second-order valence-corrected chi connectivity index (χ2v) is 4.62. The third kappa shape index (κ3) is 2.71. The second-order valence-electron chi connectivity index (χ2n) is 4.62. The van der Waals surface area contributed by atoms with E-state index in [1.54, 1.807) is 0 Å². The number of H-pyrrole nitrogens is 1. The molecule has 0 saturated carbocycles. The van der Waals surface area contributed by atoms with E-state index in [0.717, 1.165) is 18.5 Å². The summed E-state index contributed by atoms with van der Waals surface area (Å²) < 4.78 is 0. The fraction of sp³-hybridized carbons (Fsp3) is 0.250. The molecule has 0 bridgehead atoms. The minimum atomic E-state index is 0.992. The van der Waals surface area contributed by atoms with Crippen molar-refractivity contribution in [3.05, 3.63) is 53.8 Å². The van der Waals surface area contributed by atoms with E-state index in [0.29, 0.717) is 0 Å². The van der Waals surface area contributed by atoms with Gasteiger partial charge < -0.3 is 10.3 Å². The van der Waals surface area contributed by atoms with Crippen molar-refractivity contribution in [3.63, 3.8) is 0 Å². The van der Waals surface area contributed by atoms with E-state index in [4.69, 9.17) is 0 Å². The highest BCUT2D eigenvalue weighted by molar-refractivity contribution is 5.91. The van der Waals surface area contributed by atoms with Crippen molar-refractivity contribution in [1.82, 2.24) is 10.3 Å². The molecule has 1 heterocycles. The number of allylic oxidation sites excluding steroid dienone is 2. The first kappa shape index (κ1) is 12.7. The summed E-state index contributed by atoms with van der Waals surface area (Å²) in [5.41, 5.74) is 4.88. The quantitative estimate of drug-likeness (QED) is 0.769. The molecule has 2 aromatic rings. The molecule has 1 aromatic carbocycles. The number of hydrogen-bond acceptors (Lipinski definition) is 1. The standard InChI is InChI=1S/C16H20N2/c1-12(2)7-8-13-5-4-6-15-16(13)14(11-18-15)9-10-17-3/h4-8,11,17-18H,1,9-10H2,2-3H3/b8-7+. The van der Waals surface area contributed by atoms with E-state index >= 15 is 0 Å². The maximum absolute atomic E-state index is 3.91. The van der Waals surface area contributed by atoms with Gasteiger partial charge in [0.2, 0.25) is 0 Å². The van der Waals surface area contributed by atoms with Crippen LogP contribution in [-0.4, -0.2) is 18.6 Å². The monoisotopic (exact) mass is 240 g/mol. The first-order valence-corrected chi connectivity index (χ1v) is 6.29. The molecule has 18 heavy (non-hydrogen) atoms. The van der Waals surface area contributed by atoms with Crippen LogP contribution in [0.5, 0.6) is 0 Å². The molecular weight excluding hydrogens is 220 g/mol. The van der Waals surface area contributed by atoms with Crippen molar-refractivity contribution >= 4 is 17.0 Å². The smallest absolute Gasteiger partial charge is 0.0462 e.